The molecular formula is C23H25FN2O3. The fraction of sp³-hybridized carbons (Fsp3) is 0.348. The molecule has 152 valence electrons. The van der Waals surface area contributed by atoms with Gasteiger partial charge in [-0.15, -0.1) is 0 Å². The molecule has 0 spiro atoms. The SMILES string of the molecule is Cn1ccc2c(CN3CC[C@H](O)[C@](Cc4cccc(F)c4)(C(=O)O)C3)cccc21. The second-order valence-corrected chi connectivity index (χ2v) is 8.06. The van der Waals surface area contributed by atoms with Gasteiger partial charge in [-0.2, -0.15) is 0 Å². The topological polar surface area (TPSA) is 65.7 Å². The fourth-order valence-corrected chi connectivity index (χ4v) is 4.52. The Morgan fingerprint density at radius 1 is 1.24 bits per heavy atom. The van der Waals surface area contributed by atoms with Crippen molar-refractivity contribution in [3.8, 4) is 0 Å². The van der Waals surface area contributed by atoms with Crippen molar-refractivity contribution in [1.82, 2.24) is 9.47 Å². The number of aromatic nitrogens is 1. The first-order chi connectivity index (χ1) is 13.9. The number of carboxylic acid groups (broad SMARTS) is 1. The van der Waals surface area contributed by atoms with E-state index in [9.17, 15) is 19.4 Å². The minimum Gasteiger partial charge on any atom is -0.481 e. The van der Waals surface area contributed by atoms with E-state index < -0.39 is 23.3 Å². The first-order valence-corrected chi connectivity index (χ1v) is 9.80. The number of hydrogen-bond acceptors (Lipinski definition) is 3. The monoisotopic (exact) mass is 396 g/mol. The summed E-state index contributed by atoms with van der Waals surface area (Å²) in [6.07, 6.45) is 1.49. The maximum absolute atomic E-state index is 13.6. The molecule has 1 aliphatic heterocycles. The second-order valence-electron chi connectivity index (χ2n) is 8.06. The van der Waals surface area contributed by atoms with Crippen LogP contribution in [0, 0.1) is 11.2 Å². The molecular weight excluding hydrogens is 371 g/mol. The van der Waals surface area contributed by atoms with Crippen LogP contribution < -0.4 is 0 Å². The van der Waals surface area contributed by atoms with Gasteiger partial charge in [0.2, 0.25) is 0 Å². The molecule has 1 saturated heterocycles. The van der Waals surface area contributed by atoms with Crippen LogP contribution in [0.15, 0.2) is 54.7 Å². The number of aliphatic hydroxyl groups excluding tert-OH is 1. The predicted octanol–water partition coefficient (Wildman–Crippen LogP) is 3.20. The third kappa shape index (κ3) is 3.66. The summed E-state index contributed by atoms with van der Waals surface area (Å²) in [5.74, 6) is -1.45. The number of nitrogens with zero attached hydrogens (tertiary/aromatic N) is 2. The van der Waals surface area contributed by atoms with Gasteiger partial charge in [0, 0.05) is 43.8 Å². The fourth-order valence-electron chi connectivity index (χ4n) is 4.52. The smallest absolute Gasteiger partial charge is 0.313 e. The number of hydrogen-bond donors (Lipinski definition) is 2. The number of aliphatic carboxylic acids is 1. The number of halogens is 1. The van der Waals surface area contributed by atoms with Crippen molar-refractivity contribution in [3.63, 3.8) is 0 Å². The van der Waals surface area contributed by atoms with E-state index >= 15 is 0 Å². The molecule has 2 atom stereocenters. The summed E-state index contributed by atoms with van der Waals surface area (Å²) in [5.41, 5.74) is 1.48. The summed E-state index contributed by atoms with van der Waals surface area (Å²) >= 11 is 0. The second kappa shape index (κ2) is 7.61. The largest absolute Gasteiger partial charge is 0.481 e. The summed E-state index contributed by atoms with van der Waals surface area (Å²) in [7, 11) is 2.00. The summed E-state index contributed by atoms with van der Waals surface area (Å²) in [6, 6.07) is 14.2. The van der Waals surface area contributed by atoms with Gasteiger partial charge in [-0.25, -0.2) is 4.39 Å². The summed E-state index contributed by atoms with van der Waals surface area (Å²) < 4.78 is 15.7. The number of aryl methyl sites for hydroxylation is 1. The zero-order chi connectivity index (χ0) is 20.6. The zero-order valence-electron chi connectivity index (χ0n) is 16.4. The van der Waals surface area contributed by atoms with E-state index in [4.69, 9.17) is 0 Å². The van der Waals surface area contributed by atoms with Crippen molar-refractivity contribution in [2.45, 2.75) is 25.5 Å². The Bertz CT molecular complexity index is 1050. The van der Waals surface area contributed by atoms with Gasteiger partial charge in [0.25, 0.3) is 0 Å². The quantitative estimate of drug-likeness (QED) is 0.695. The van der Waals surface area contributed by atoms with Gasteiger partial charge >= 0.3 is 5.97 Å². The molecule has 4 rings (SSSR count). The number of piperidine rings is 1. The minimum atomic E-state index is -1.36. The van der Waals surface area contributed by atoms with Crippen LogP contribution in [0.2, 0.25) is 0 Å². The van der Waals surface area contributed by atoms with Crippen molar-refractivity contribution < 1.29 is 19.4 Å². The maximum atomic E-state index is 13.6. The van der Waals surface area contributed by atoms with Crippen LogP contribution in [-0.2, 0) is 24.8 Å². The molecule has 5 nitrogen and oxygen atoms in total. The standard InChI is InChI=1S/C23H25FN2O3/c1-25-10-8-19-17(5-3-7-20(19)25)14-26-11-9-21(27)23(15-26,22(28)29)13-16-4-2-6-18(24)12-16/h2-8,10,12,21,27H,9,11,13-15H2,1H3,(H,28,29)/t21-,23+/m0/s1. The molecule has 6 heteroatoms. The van der Waals surface area contributed by atoms with Gasteiger partial charge in [-0.1, -0.05) is 24.3 Å². The van der Waals surface area contributed by atoms with Crippen LogP contribution in [0.1, 0.15) is 17.5 Å². The van der Waals surface area contributed by atoms with Crippen molar-refractivity contribution >= 4 is 16.9 Å². The highest BCUT2D eigenvalue weighted by molar-refractivity contribution is 5.83. The molecule has 3 aromatic rings. The lowest BCUT2D eigenvalue weighted by Gasteiger charge is -2.43. The van der Waals surface area contributed by atoms with Crippen LogP contribution in [-0.4, -0.2) is 44.8 Å². The van der Waals surface area contributed by atoms with E-state index in [1.165, 1.54) is 12.1 Å². The van der Waals surface area contributed by atoms with Gasteiger partial charge in [0.05, 0.1) is 6.10 Å². The van der Waals surface area contributed by atoms with Crippen LogP contribution in [0.5, 0.6) is 0 Å². The van der Waals surface area contributed by atoms with E-state index in [0.717, 1.165) is 16.5 Å². The lowest BCUT2D eigenvalue weighted by molar-refractivity contribution is -0.163. The number of aliphatic hydroxyl groups is 1. The Labute approximate surface area is 169 Å². The molecule has 0 saturated carbocycles. The van der Waals surface area contributed by atoms with E-state index in [2.05, 4.69) is 27.7 Å². The lowest BCUT2D eigenvalue weighted by Crippen LogP contribution is -2.56. The number of likely N-dealkylation sites (tertiary alicyclic amines) is 1. The molecule has 2 heterocycles. The Kier molecular flexibility index (Phi) is 5.15. The Hall–Kier alpha value is -2.70. The number of benzene rings is 2. The van der Waals surface area contributed by atoms with Crippen molar-refractivity contribution in [2.75, 3.05) is 13.1 Å². The highest BCUT2D eigenvalue weighted by Crippen LogP contribution is 2.36. The summed E-state index contributed by atoms with van der Waals surface area (Å²) in [6.45, 7) is 1.43. The van der Waals surface area contributed by atoms with E-state index in [1.807, 2.05) is 19.3 Å². The Balaban J connectivity index is 1.62. The molecule has 0 aliphatic carbocycles. The third-order valence-corrected chi connectivity index (χ3v) is 6.11. The highest BCUT2D eigenvalue weighted by atomic mass is 19.1. The summed E-state index contributed by atoms with van der Waals surface area (Å²) in [4.78, 5) is 14.4. The van der Waals surface area contributed by atoms with Crippen LogP contribution in [0.4, 0.5) is 4.39 Å². The van der Waals surface area contributed by atoms with E-state index in [-0.39, 0.29) is 13.0 Å². The third-order valence-electron chi connectivity index (χ3n) is 6.11. The van der Waals surface area contributed by atoms with Gasteiger partial charge in [-0.05, 0) is 48.2 Å². The average molecular weight is 396 g/mol. The Morgan fingerprint density at radius 2 is 2.03 bits per heavy atom. The lowest BCUT2D eigenvalue weighted by atomic mass is 9.72. The minimum absolute atomic E-state index is 0.0906. The molecule has 29 heavy (non-hydrogen) atoms. The molecule has 1 fully saturated rings. The Morgan fingerprint density at radius 3 is 2.79 bits per heavy atom. The number of carbonyl (C=O) groups is 1. The van der Waals surface area contributed by atoms with Gasteiger partial charge in [0.15, 0.2) is 0 Å². The zero-order valence-corrected chi connectivity index (χ0v) is 16.4. The van der Waals surface area contributed by atoms with Gasteiger partial charge in [0.1, 0.15) is 11.2 Å². The molecule has 1 aromatic heterocycles. The summed E-state index contributed by atoms with van der Waals surface area (Å²) in [5, 5.41) is 21.9. The van der Waals surface area contributed by atoms with E-state index in [0.29, 0.717) is 25.1 Å². The average Bonchev–Trinajstić information content (AvgIpc) is 3.06. The highest BCUT2D eigenvalue weighted by Gasteiger charge is 2.49. The van der Waals surface area contributed by atoms with Crippen molar-refractivity contribution in [3.05, 3.63) is 71.7 Å². The van der Waals surface area contributed by atoms with Gasteiger partial charge < -0.3 is 14.8 Å². The molecule has 0 amide bonds. The van der Waals surface area contributed by atoms with Gasteiger partial charge in [-0.3, -0.25) is 9.69 Å². The molecule has 1 aliphatic rings. The first-order valence-electron chi connectivity index (χ1n) is 9.80. The van der Waals surface area contributed by atoms with E-state index in [1.54, 1.807) is 12.1 Å². The molecule has 0 bridgehead atoms. The van der Waals surface area contributed by atoms with Crippen LogP contribution in [0.25, 0.3) is 10.9 Å². The number of fused-ring (bicyclic) bond motifs is 1. The van der Waals surface area contributed by atoms with Crippen LogP contribution >= 0.6 is 0 Å². The molecule has 0 radical (unpaired) electrons. The van der Waals surface area contributed by atoms with Crippen molar-refractivity contribution in [2.24, 2.45) is 12.5 Å². The first kappa shape index (κ1) is 19.6. The molecule has 2 aromatic carbocycles. The normalized spacial score (nSPS) is 22.8. The molecule has 2 N–H and O–H groups in total. The number of rotatable bonds is 5. The predicted molar refractivity (Wildman–Crippen MR) is 109 cm³/mol. The number of carboxylic acids is 1. The van der Waals surface area contributed by atoms with Crippen LogP contribution in [0.3, 0.4) is 0 Å². The maximum Gasteiger partial charge on any atom is 0.313 e. The van der Waals surface area contributed by atoms with Crippen molar-refractivity contribution in [1.29, 1.82) is 0 Å². The molecule has 0 unspecified atom stereocenters.